The molecule has 10 heteroatoms. The molecule has 2 aromatic rings. The van der Waals surface area contributed by atoms with Crippen molar-refractivity contribution in [3.05, 3.63) is 52.4 Å². The molecule has 0 unspecified atom stereocenters. The highest BCUT2D eigenvalue weighted by molar-refractivity contribution is 5.79. The fourth-order valence-electron chi connectivity index (χ4n) is 5.80. The Labute approximate surface area is 235 Å². The van der Waals surface area contributed by atoms with E-state index in [9.17, 15) is 19.5 Å². The van der Waals surface area contributed by atoms with Crippen LogP contribution in [0.5, 0.6) is 17.2 Å². The smallest absolute Gasteiger partial charge is 0.308 e. The average Bonchev–Trinajstić information content (AvgIpc) is 3.57. The van der Waals surface area contributed by atoms with Crippen molar-refractivity contribution in [2.45, 2.75) is 64.5 Å². The zero-order valence-corrected chi connectivity index (χ0v) is 23.7. The van der Waals surface area contributed by atoms with Crippen molar-refractivity contribution in [3.8, 4) is 17.2 Å². The van der Waals surface area contributed by atoms with Crippen LogP contribution in [0.2, 0.25) is 0 Å². The standard InChI is InChI=1S/C30H41N3O7/c1-4-6-12-31(13-7-5-2)27(35)19-33-18-22(21-16-24(38-3)29-25(17-21)39-20-40-29)28(30(36)37)23(33)11-15-32-14-9-8-10-26(32)34/h8-10,14,16-17,22-23,28H,4-7,11-13,15,18-20H2,1-3H3,(H,36,37)/t22-,23-,28+/m1/s1. The van der Waals surface area contributed by atoms with E-state index >= 15 is 0 Å². The second kappa shape index (κ2) is 13.7. The third-order valence-corrected chi connectivity index (χ3v) is 7.96. The molecule has 1 fully saturated rings. The van der Waals surface area contributed by atoms with Crippen molar-refractivity contribution in [1.29, 1.82) is 0 Å². The van der Waals surface area contributed by atoms with E-state index < -0.39 is 23.8 Å². The van der Waals surface area contributed by atoms with Gasteiger partial charge in [0.05, 0.1) is 19.6 Å². The summed E-state index contributed by atoms with van der Waals surface area (Å²) in [4.78, 5) is 42.7. The number of aryl methyl sites for hydroxylation is 1. The highest BCUT2D eigenvalue weighted by atomic mass is 16.7. The monoisotopic (exact) mass is 555 g/mol. The quantitative estimate of drug-likeness (QED) is 0.377. The molecule has 2 aliphatic heterocycles. The van der Waals surface area contributed by atoms with Crippen LogP contribution in [-0.2, 0) is 16.1 Å². The molecule has 0 spiro atoms. The number of fused-ring (bicyclic) bond motifs is 1. The molecular formula is C30H41N3O7. The van der Waals surface area contributed by atoms with E-state index in [1.165, 1.54) is 13.2 Å². The maximum atomic E-state index is 13.6. The van der Waals surface area contributed by atoms with Crippen molar-refractivity contribution in [2.24, 2.45) is 5.92 Å². The van der Waals surface area contributed by atoms with Gasteiger partial charge in [0.25, 0.3) is 0 Å². The van der Waals surface area contributed by atoms with Gasteiger partial charge in [-0.3, -0.25) is 19.3 Å². The number of aromatic nitrogens is 1. The van der Waals surface area contributed by atoms with Gasteiger partial charge in [0.2, 0.25) is 24.0 Å². The summed E-state index contributed by atoms with van der Waals surface area (Å²) >= 11 is 0. The van der Waals surface area contributed by atoms with Crippen molar-refractivity contribution >= 4 is 11.9 Å². The largest absolute Gasteiger partial charge is 0.493 e. The van der Waals surface area contributed by atoms with Gasteiger partial charge in [0, 0.05) is 50.4 Å². The van der Waals surface area contributed by atoms with E-state index in [0.29, 0.717) is 49.8 Å². The molecule has 1 saturated heterocycles. The van der Waals surface area contributed by atoms with Crippen LogP contribution < -0.4 is 19.8 Å². The minimum Gasteiger partial charge on any atom is -0.493 e. The van der Waals surface area contributed by atoms with Crippen LogP contribution in [0.15, 0.2) is 41.3 Å². The number of pyridine rings is 1. The van der Waals surface area contributed by atoms with Gasteiger partial charge in [-0.25, -0.2) is 0 Å². The molecule has 1 N–H and O–H groups in total. The highest BCUT2D eigenvalue weighted by Gasteiger charge is 2.47. The molecule has 1 amide bonds. The van der Waals surface area contributed by atoms with Gasteiger partial charge in [0.15, 0.2) is 11.5 Å². The number of carbonyl (C=O) groups is 2. The maximum Gasteiger partial charge on any atom is 0.308 e. The molecule has 3 heterocycles. The van der Waals surface area contributed by atoms with Gasteiger partial charge in [-0.2, -0.15) is 0 Å². The number of nitrogens with zero attached hydrogens (tertiary/aromatic N) is 3. The van der Waals surface area contributed by atoms with Crippen LogP contribution >= 0.6 is 0 Å². The number of carboxylic acid groups (broad SMARTS) is 1. The Morgan fingerprint density at radius 3 is 2.52 bits per heavy atom. The van der Waals surface area contributed by atoms with Crippen molar-refractivity contribution in [3.63, 3.8) is 0 Å². The number of hydrogen-bond donors (Lipinski definition) is 1. The number of amides is 1. The molecule has 0 bridgehead atoms. The van der Waals surface area contributed by atoms with Crippen LogP contribution in [0.1, 0.15) is 57.4 Å². The first-order chi connectivity index (χ1) is 19.4. The van der Waals surface area contributed by atoms with Crippen molar-refractivity contribution in [2.75, 3.05) is 40.1 Å². The van der Waals surface area contributed by atoms with Crippen molar-refractivity contribution in [1.82, 2.24) is 14.4 Å². The Morgan fingerprint density at radius 1 is 1.12 bits per heavy atom. The topological polar surface area (TPSA) is 111 Å². The minimum atomic E-state index is -0.934. The Balaban J connectivity index is 1.65. The molecule has 10 nitrogen and oxygen atoms in total. The summed E-state index contributed by atoms with van der Waals surface area (Å²) < 4.78 is 18.3. The lowest BCUT2D eigenvalue weighted by Crippen LogP contribution is -2.45. The first-order valence-corrected chi connectivity index (χ1v) is 14.3. The number of hydrogen-bond acceptors (Lipinski definition) is 7. The summed E-state index contributed by atoms with van der Waals surface area (Å²) in [6.45, 7) is 6.53. The summed E-state index contributed by atoms with van der Waals surface area (Å²) in [6.07, 6.45) is 5.95. The molecule has 4 rings (SSSR count). The third kappa shape index (κ3) is 6.60. The number of aliphatic carboxylic acids is 1. The molecular weight excluding hydrogens is 514 g/mol. The Kier molecular flexibility index (Phi) is 10.1. The van der Waals surface area contributed by atoms with Crippen LogP contribution in [0.4, 0.5) is 0 Å². The normalized spacial score (nSPS) is 20.0. The number of carboxylic acids is 1. The second-order valence-electron chi connectivity index (χ2n) is 10.5. The SMILES string of the molecule is CCCCN(CCCC)C(=O)CN1C[C@H](c2cc(OC)c3c(c2)OCO3)[C@H](C(=O)O)[C@H]1CCn1ccccc1=O. The van der Waals surface area contributed by atoms with Crippen LogP contribution in [0, 0.1) is 5.92 Å². The van der Waals surface area contributed by atoms with Crippen LogP contribution in [-0.4, -0.2) is 77.5 Å². The molecule has 3 atom stereocenters. The number of unbranched alkanes of at least 4 members (excludes halogenated alkanes) is 2. The number of carbonyl (C=O) groups excluding carboxylic acids is 1. The Bertz CT molecular complexity index is 1220. The Morgan fingerprint density at radius 2 is 1.88 bits per heavy atom. The summed E-state index contributed by atoms with van der Waals surface area (Å²) in [5.74, 6) is -0.617. The van der Waals surface area contributed by atoms with Gasteiger partial charge in [-0.05, 0) is 43.0 Å². The first-order valence-electron chi connectivity index (χ1n) is 14.3. The third-order valence-electron chi connectivity index (χ3n) is 7.96. The average molecular weight is 556 g/mol. The second-order valence-corrected chi connectivity index (χ2v) is 10.5. The summed E-state index contributed by atoms with van der Waals surface area (Å²) in [7, 11) is 1.54. The van der Waals surface area contributed by atoms with Crippen LogP contribution in [0.3, 0.4) is 0 Å². The molecule has 218 valence electrons. The van der Waals surface area contributed by atoms with Gasteiger partial charge in [-0.1, -0.05) is 32.8 Å². The Hall–Kier alpha value is -3.53. The van der Waals surface area contributed by atoms with E-state index in [4.69, 9.17) is 14.2 Å². The van der Waals surface area contributed by atoms with Crippen molar-refractivity contribution < 1.29 is 28.9 Å². The number of ether oxygens (including phenoxy) is 3. The van der Waals surface area contributed by atoms with Gasteiger partial charge in [0.1, 0.15) is 0 Å². The lowest BCUT2D eigenvalue weighted by molar-refractivity contribution is -0.144. The molecule has 1 aromatic heterocycles. The molecule has 1 aromatic carbocycles. The maximum absolute atomic E-state index is 13.6. The summed E-state index contributed by atoms with van der Waals surface area (Å²) in [5.41, 5.74) is 0.622. The van der Waals surface area contributed by atoms with E-state index in [0.717, 1.165) is 31.2 Å². The number of methoxy groups -OCH3 is 1. The van der Waals surface area contributed by atoms with E-state index in [1.807, 2.05) is 21.9 Å². The number of rotatable bonds is 14. The lowest BCUT2D eigenvalue weighted by Gasteiger charge is -2.30. The van der Waals surface area contributed by atoms with Crippen LogP contribution in [0.25, 0.3) is 0 Å². The fourth-order valence-corrected chi connectivity index (χ4v) is 5.80. The summed E-state index contributed by atoms with van der Waals surface area (Å²) in [6, 6.07) is 8.15. The fraction of sp³-hybridized carbons (Fsp3) is 0.567. The molecule has 0 saturated carbocycles. The molecule has 0 radical (unpaired) electrons. The number of likely N-dealkylation sites (tertiary alicyclic amines) is 1. The van der Waals surface area contributed by atoms with Gasteiger partial charge in [-0.15, -0.1) is 0 Å². The minimum absolute atomic E-state index is 0.0110. The van der Waals surface area contributed by atoms with E-state index in [-0.39, 0.29) is 24.8 Å². The highest BCUT2D eigenvalue weighted by Crippen LogP contribution is 2.47. The molecule has 2 aliphatic rings. The number of benzene rings is 1. The molecule has 40 heavy (non-hydrogen) atoms. The zero-order chi connectivity index (χ0) is 28.6. The first kappa shape index (κ1) is 29.5. The lowest BCUT2D eigenvalue weighted by atomic mass is 9.84. The van der Waals surface area contributed by atoms with Gasteiger partial charge < -0.3 is 28.8 Å². The van der Waals surface area contributed by atoms with E-state index in [2.05, 4.69) is 13.8 Å². The summed E-state index contributed by atoms with van der Waals surface area (Å²) in [5, 5.41) is 10.5. The van der Waals surface area contributed by atoms with E-state index in [1.54, 1.807) is 22.9 Å². The predicted octanol–water partition coefficient (Wildman–Crippen LogP) is 3.57. The van der Waals surface area contributed by atoms with Gasteiger partial charge >= 0.3 is 5.97 Å². The predicted molar refractivity (Wildman–Crippen MR) is 150 cm³/mol. The zero-order valence-electron chi connectivity index (χ0n) is 23.7. The molecule has 0 aliphatic carbocycles.